The van der Waals surface area contributed by atoms with Crippen molar-refractivity contribution in [3.8, 4) is 0 Å². The van der Waals surface area contributed by atoms with Gasteiger partial charge in [0, 0.05) is 12.7 Å². The van der Waals surface area contributed by atoms with Gasteiger partial charge in [-0.05, 0) is 48.3 Å². The summed E-state index contributed by atoms with van der Waals surface area (Å²) in [6, 6.07) is 1.85. The number of methoxy groups -OCH3 is 1. The van der Waals surface area contributed by atoms with Crippen LogP contribution in [0.5, 0.6) is 0 Å². The van der Waals surface area contributed by atoms with Gasteiger partial charge in [-0.1, -0.05) is 0 Å². The van der Waals surface area contributed by atoms with Gasteiger partial charge in [0.2, 0.25) is 0 Å². The average Bonchev–Trinajstić information content (AvgIpc) is 2.33. The van der Waals surface area contributed by atoms with E-state index in [4.69, 9.17) is 10.6 Å². The molecule has 0 amide bonds. The second-order valence-corrected chi connectivity index (χ2v) is 5.50. The summed E-state index contributed by atoms with van der Waals surface area (Å²) in [5.74, 6) is 4.12. The third-order valence-electron chi connectivity index (χ3n) is 2.88. The molecule has 102 valence electrons. The molecular formula is C12H17BrF2N2O. The molecule has 3 nitrogen and oxygen atoms in total. The van der Waals surface area contributed by atoms with Gasteiger partial charge < -0.3 is 4.74 Å². The summed E-state index contributed by atoms with van der Waals surface area (Å²) in [5.41, 5.74) is 1.81. The van der Waals surface area contributed by atoms with Crippen LogP contribution >= 0.6 is 15.9 Å². The number of hydrogen-bond acceptors (Lipinski definition) is 3. The first kappa shape index (κ1) is 15.5. The van der Waals surface area contributed by atoms with E-state index in [-0.39, 0.29) is 10.0 Å². The number of halogens is 3. The molecule has 0 aliphatic rings. The first-order valence-corrected chi connectivity index (χ1v) is 6.26. The van der Waals surface area contributed by atoms with Gasteiger partial charge in [-0.25, -0.2) is 8.78 Å². The minimum atomic E-state index is -0.669. The maximum Gasteiger partial charge on any atom is 0.145 e. The number of ether oxygens (including phenoxy) is 1. The third-order valence-corrected chi connectivity index (χ3v) is 3.49. The molecule has 1 aromatic carbocycles. The molecule has 0 saturated heterocycles. The molecule has 0 aliphatic carbocycles. The number of hydrogen-bond donors (Lipinski definition) is 2. The summed E-state index contributed by atoms with van der Waals surface area (Å²) in [4.78, 5) is 0. The van der Waals surface area contributed by atoms with Crippen LogP contribution in [0.3, 0.4) is 0 Å². The summed E-state index contributed by atoms with van der Waals surface area (Å²) in [5, 5.41) is 0. The fourth-order valence-corrected chi connectivity index (χ4v) is 2.03. The van der Waals surface area contributed by atoms with Gasteiger partial charge in [-0.3, -0.25) is 11.3 Å². The van der Waals surface area contributed by atoms with Crippen LogP contribution in [0, 0.1) is 11.6 Å². The summed E-state index contributed by atoms with van der Waals surface area (Å²) < 4.78 is 33.2. The number of nitrogens with one attached hydrogen (secondary N) is 1. The Morgan fingerprint density at radius 2 is 2.06 bits per heavy atom. The molecule has 0 fully saturated rings. The van der Waals surface area contributed by atoms with Gasteiger partial charge in [0.25, 0.3) is 0 Å². The Kier molecular flexibility index (Phi) is 5.21. The first-order chi connectivity index (χ1) is 8.32. The van der Waals surface area contributed by atoms with Crippen molar-refractivity contribution in [3.05, 3.63) is 33.8 Å². The topological polar surface area (TPSA) is 47.3 Å². The van der Waals surface area contributed by atoms with Crippen LogP contribution in [0.1, 0.15) is 31.9 Å². The maximum atomic E-state index is 14.0. The Balaban J connectivity index is 3.13. The molecule has 0 aliphatic heterocycles. The van der Waals surface area contributed by atoms with Gasteiger partial charge >= 0.3 is 0 Å². The summed E-state index contributed by atoms with van der Waals surface area (Å²) >= 11 is 3.03. The first-order valence-electron chi connectivity index (χ1n) is 5.47. The van der Waals surface area contributed by atoms with E-state index in [1.807, 2.05) is 13.8 Å². The monoisotopic (exact) mass is 322 g/mol. The van der Waals surface area contributed by atoms with Crippen LogP contribution in [0.2, 0.25) is 0 Å². The van der Waals surface area contributed by atoms with E-state index in [2.05, 4.69) is 21.4 Å². The standard InChI is InChI=1S/C12H17BrF2N2O/c1-12(2,18-3)6-9(17-16)10-8(14)5-4-7(13)11(10)15/h4-5,9,17H,6,16H2,1-3H3. The quantitative estimate of drug-likeness (QED) is 0.497. The van der Waals surface area contributed by atoms with Crippen LogP contribution in [-0.4, -0.2) is 12.7 Å². The molecule has 1 atom stereocenters. The number of nitrogens with two attached hydrogens (primary N) is 1. The van der Waals surface area contributed by atoms with E-state index in [0.717, 1.165) is 0 Å². The molecular weight excluding hydrogens is 306 g/mol. The van der Waals surface area contributed by atoms with Crippen LogP contribution in [0.4, 0.5) is 8.78 Å². The van der Waals surface area contributed by atoms with Crippen LogP contribution in [-0.2, 0) is 4.74 Å². The molecule has 0 aromatic heterocycles. The lowest BCUT2D eigenvalue weighted by Crippen LogP contribution is -2.36. The Morgan fingerprint density at radius 3 is 2.56 bits per heavy atom. The van der Waals surface area contributed by atoms with Gasteiger partial charge in [0.05, 0.1) is 16.1 Å². The zero-order valence-corrected chi connectivity index (χ0v) is 12.1. The lowest BCUT2D eigenvalue weighted by Gasteiger charge is -2.28. The molecule has 1 aromatic rings. The molecule has 1 unspecified atom stereocenters. The van der Waals surface area contributed by atoms with Gasteiger partial charge in [-0.15, -0.1) is 0 Å². The van der Waals surface area contributed by atoms with E-state index < -0.39 is 23.3 Å². The highest BCUT2D eigenvalue weighted by molar-refractivity contribution is 9.10. The SMILES string of the molecule is COC(C)(C)CC(NN)c1c(F)ccc(Br)c1F. The summed E-state index contributed by atoms with van der Waals surface area (Å²) in [6.45, 7) is 3.65. The van der Waals surface area contributed by atoms with Crippen molar-refractivity contribution in [2.24, 2.45) is 5.84 Å². The van der Waals surface area contributed by atoms with E-state index in [9.17, 15) is 8.78 Å². The average molecular weight is 323 g/mol. The van der Waals surface area contributed by atoms with Crippen molar-refractivity contribution in [1.82, 2.24) is 5.43 Å². The van der Waals surface area contributed by atoms with Crippen LogP contribution < -0.4 is 11.3 Å². The zero-order valence-electron chi connectivity index (χ0n) is 10.6. The molecule has 6 heteroatoms. The predicted molar refractivity (Wildman–Crippen MR) is 69.8 cm³/mol. The fraction of sp³-hybridized carbons (Fsp3) is 0.500. The minimum Gasteiger partial charge on any atom is -0.379 e. The largest absolute Gasteiger partial charge is 0.379 e. The molecule has 3 N–H and O–H groups in total. The van der Waals surface area contributed by atoms with E-state index in [0.29, 0.717) is 6.42 Å². The highest BCUT2D eigenvalue weighted by atomic mass is 79.9. The van der Waals surface area contributed by atoms with E-state index in [1.165, 1.54) is 12.1 Å². The molecule has 18 heavy (non-hydrogen) atoms. The number of rotatable bonds is 5. The molecule has 1 rings (SSSR count). The number of hydrazine groups is 1. The van der Waals surface area contributed by atoms with Gasteiger partial charge in [0.1, 0.15) is 11.6 Å². The zero-order chi connectivity index (χ0) is 13.9. The molecule has 0 saturated carbocycles. The Labute approximate surface area is 114 Å². The molecule has 0 spiro atoms. The Morgan fingerprint density at radius 1 is 1.44 bits per heavy atom. The van der Waals surface area contributed by atoms with Crippen LogP contribution in [0.25, 0.3) is 0 Å². The van der Waals surface area contributed by atoms with Crippen molar-refractivity contribution in [2.75, 3.05) is 7.11 Å². The Bertz CT molecular complexity index is 427. The third kappa shape index (κ3) is 3.47. The second kappa shape index (κ2) is 6.06. The summed E-state index contributed by atoms with van der Waals surface area (Å²) in [7, 11) is 1.54. The highest BCUT2D eigenvalue weighted by Gasteiger charge is 2.28. The molecule has 0 heterocycles. The lowest BCUT2D eigenvalue weighted by molar-refractivity contribution is 0.00625. The van der Waals surface area contributed by atoms with Gasteiger partial charge in [-0.2, -0.15) is 0 Å². The summed E-state index contributed by atoms with van der Waals surface area (Å²) in [6.07, 6.45) is 0.338. The van der Waals surface area contributed by atoms with Crippen molar-refractivity contribution in [3.63, 3.8) is 0 Å². The van der Waals surface area contributed by atoms with Crippen molar-refractivity contribution in [1.29, 1.82) is 0 Å². The Hall–Kier alpha value is -0.560. The van der Waals surface area contributed by atoms with Gasteiger partial charge in [0.15, 0.2) is 0 Å². The smallest absolute Gasteiger partial charge is 0.145 e. The minimum absolute atomic E-state index is 0.0861. The van der Waals surface area contributed by atoms with E-state index >= 15 is 0 Å². The van der Waals surface area contributed by atoms with E-state index in [1.54, 1.807) is 7.11 Å². The normalized spacial score (nSPS) is 13.7. The fourth-order valence-electron chi connectivity index (χ4n) is 1.68. The van der Waals surface area contributed by atoms with Crippen LogP contribution in [0.15, 0.2) is 16.6 Å². The van der Waals surface area contributed by atoms with Crippen molar-refractivity contribution < 1.29 is 13.5 Å². The molecule has 0 radical (unpaired) electrons. The highest BCUT2D eigenvalue weighted by Crippen LogP contribution is 2.31. The molecule has 0 bridgehead atoms. The number of benzene rings is 1. The second-order valence-electron chi connectivity index (χ2n) is 4.64. The van der Waals surface area contributed by atoms with Crippen molar-refractivity contribution in [2.45, 2.75) is 31.9 Å². The maximum absolute atomic E-state index is 14.0. The predicted octanol–water partition coefficient (Wildman–Crippen LogP) is 3.05. The lowest BCUT2D eigenvalue weighted by atomic mass is 9.93. The van der Waals surface area contributed by atoms with Crippen molar-refractivity contribution >= 4 is 15.9 Å².